The third-order valence-corrected chi connectivity index (χ3v) is 4.40. The molecule has 0 spiro atoms. The lowest BCUT2D eigenvalue weighted by molar-refractivity contribution is 0.0678. The largest absolute Gasteiger partial charge is 0.454 e. The van der Waals surface area contributed by atoms with Gasteiger partial charge < -0.3 is 19.1 Å². The molecular formula is C17H19N3O4. The van der Waals surface area contributed by atoms with Crippen LogP contribution in [0.15, 0.2) is 24.4 Å². The number of ether oxygens (including phenoxy) is 3. The number of aryl methyl sites for hydroxylation is 1. The van der Waals surface area contributed by atoms with Gasteiger partial charge in [-0.25, -0.2) is 0 Å². The minimum absolute atomic E-state index is 0.0242. The summed E-state index contributed by atoms with van der Waals surface area (Å²) in [4.78, 5) is 14.8. The standard InChI is InChI=1S/C17H19N3O4/c1-19-6-12-7-20(8-13(9-22-2)16(12)18-19)17(21)11-3-4-14-15(5-11)24-10-23-14/h3-6,13H,7-10H2,1-2H3. The first-order valence-corrected chi connectivity index (χ1v) is 7.86. The number of hydrogen-bond donors (Lipinski definition) is 0. The molecule has 126 valence electrons. The molecule has 0 N–H and O–H groups in total. The summed E-state index contributed by atoms with van der Waals surface area (Å²) in [5.41, 5.74) is 2.69. The highest BCUT2D eigenvalue weighted by Crippen LogP contribution is 2.34. The summed E-state index contributed by atoms with van der Waals surface area (Å²) in [5.74, 6) is 1.35. The van der Waals surface area contributed by atoms with Crippen LogP contribution in [0.3, 0.4) is 0 Å². The van der Waals surface area contributed by atoms with Crippen LogP contribution in [0.5, 0.6) is 11.5 Å². The van der Waals surface area contributed by atoms with Gasteiger partial charge in [0.1, 0.15) is 0 Å². The van der Waals surface area contributed by atoms with Crippen molar-refractivity contribution in [1.82, 2.24) is 14.7 Å². The molecule has 0 fully saturated rings. The molecule has 1 aromatic carbocycles. The van der Waals surface area contributed by atoms with Crippen molar-refractivity contribution in [2.24, 2.45) is 7.05 Å². The molecule has 7 heteroatoms. The molecule has 2 aliphatic rings. The fourth-order valence-electron chi connectivity index (χ4n) is 3.34. The van der Waals surface area contributed by atoms with E-state index in [1.165, 1.54) is 0 Å². The van der Waals surface area contributed by atoms with Crippen molar-refractivity contribution in [3.05, 3.63) is 41.2 Å². The molecular weight excluding hydrogens is 310 g/mol. The zero-order chi connectivity index (χ0) is 16.7. The normalized spacial score (nSPS) is 18.6. The van der Waals surface area contributed by atoms with E-state index in [2.05, 4.69) is 5.10 Å². The quantitative estimate of drug-likeness (QED) is 0.854. The van der Waals surface area contributed by atoms with Gasteiger partial charge >= 0.3 is 0 Å². The molecule has 2 aliphatic heterocycles. The Morgan fingerprint density at radius 2 is 2.21 bits per heavy atom. The highest BCUT2D eigenvalue weighted by atomic mass is 16.7. The van der Waals surface area contributed by atoms with Crippen molar-refractivity contribution in [3.63, 3.8) is 0 Å². The van der Waals surface area contributed by atoms with Crippen molar-refractivity contribution in [3.8, 4) is 11.5 Å². The first-order chi connectivity index (χ1) is 11.7. The van der Waals surface area contributed by atoms with E-state index in [0.717, 1.165) is 11.3 Å². The molecule has 0 aliphatic carbocycles. The average Bonchev–Trinajstić information content (AvgIpc) is 3.18. The fourth-order valence-corrected chi connectivity index (χ4v) is 3.34. The van der Waals surface area contributed by atoms with Gasteiger partial charge in [0, 0.05) is 50.5 Å². The van der Waals surface area contributed by atoms with Gasteiger partial charge in [0.15, 0.2) is 11.5 Å². The van der Waals surface area contributed by atoms with Crippen molar-refractivity contribution < 1.29 is 19.0 Å². The van der Waals surface area contributed by atoms with E-state index in [9.17, 15) is 4.79 Å². The van der Waals surface area contributed by atoms with Crippen LogP contribution in [0.1, 0.15) is 27.5 Å². The van der Waals surface area contributed by atoms with Crippen LogP contribution < -0.4 is 9.47 Å². The molecule has 1 atom stereocenters. The van der Waals surface area contributed by atoms with E-state index < -0.39 is 0 Å². The molecule has 1 aromatic heterocycles. The summed E-state index contributed by atoms with van der Waals surface area (Å²) < 4.78 is 17.8. The topological polar surface area (TPSA) is 65.8 Å². The van der Waals surface area contributed by atoms with Gasteiger partial charge in [-0.2, -0.15) is 5.10 Å². The smallest absolute Gasteiger partial charge is 0.254 e. The van der Waals surface area contributed by atoms with Gasteiger partial charge in [-0.05, 0) is 18.2 Å². The molecule has 24 heavy (non-hydrogen) atoms. The zero-order valence-corrected chi connectivity index (χ0v) is 13.7. The Kier molecular flexibility index (Phi) is 3.65. The third kappa shape index (κ3) is 2.50. The Hall–Kier alpha value is -2.54. The number of hydrogen-bond acceptors (Lipinski definition) is 5. The van der Waals surface area contributed by atoms with E-state index in [4.69, 9.17) is 14.2 Å². The highest BCUT2D eigenvalue weighted by molar-refractivity contribution is 5.95. The van der Waals surface area contributed by atoms with Gasteiger partial charge in [0.25, 0.3) is 5.91 Å². The molecule has 3 heterocycles. The molecule has 4 rings (SSSR count). The summed E-state index contributed by atoms with van der Waals surface area (Å²) in [5, 5.41) is 4.53. The van der Waals surface area contributed by atoms with Crippen LogP contribution in [-0.4, -0.2) is 47.6 Å². The Morgan fingerprint density at radius 3 is 3.04 bits per heavy atom. The lowest BCUT2D eigenvalue weighted by Gasteiger charge is -2.31. The zero-order valence-electron chi connectivity index (χ0n) is 13.7. The summed E-state index contributed by atoms with van der Waals surface area (Å²) in [6.07, 6.45) is 1.97. The maximum absolute atomic E-state index is 12.9. The average molecular weight is 329 g/mol. The highest BCUT2D eigenvalue weighted by Gasteiger charge is 2.31. The van der Waals surface area contributed by atoms with E-state index in [1.807, 2.05) is 18.1 Å². The number of fused-ring (bicyclic) bond motifs is 2. The molecule has 2 aromatic rings. The van der Waals surface area contributed by atoms with E-state index in [1.54, 1.807) is 30.0 Å². The number of amides is 1. The second kappa shape index (κ2) is 5.83. The number of carbonyl (C=O) groups is 1. The van der Waals surface area contributed by atoms with Gasteiger partial charge in [0.2, 0.25) is 6.79 Å². The van der Waals surface area contributed by atoms with Crippen LogP contribution in [0.2, 0.25) is 0 Å². The van der Waals surface area contributed by atoms with Crippen LogP contribution in [0.4, 0.5) is 0 Å². The van der Waals surface area contributed by atoms with Crippen LogP contribution in [0.25, 0.3) is 0 Å². The third-order valence-electron chi connectivity index (χ3n) is 4.40. The molecule has 1 amide bonds. The Morgan fingerprint density at radius 1 is 1.38 bits per heavy atom. The van der Waals surface area contributed by atoms with Crippen molar-refractivity contribution >= 4 is 5.91 Å². The number of rotatable bonds is 3. The summed E-state index contributed by atoms with van der Waals surface area (Å²) in [7, 11) is 3.56. The van der Waals surface area contributed by atoms with E-state index >= 15 is 0 Å². The fraction of sp³-hybridized carbons (Fsp3) is 0.412. The Bertz CT molecular complexity index is 786. The number of methoxy groups -OCH3 is 1. The summed E-state index contributed by atoms with van der Waals surface area (Å²) >= 11 is 0. The van der Waals surface area contributed by atoms with Gasteiger partial charge in [0.05, 0.1) is 12.3 Å². The molecule has 0 bridgehead atoms. The van der Waals surface area contributed by atoms with Gasteiger partial charge in [-0.1, -0.05) is 0 Å². The molecule has 0 saturated carbocycles. The van der Waals surface area contributed by atoms with Gasteiger partial charge in [-0.15, -0.1) is 0 Å². The maximum atomic E-state index is 12.9. The number of carbonyl (C=O) groups excluding carboxylic acids is 1. The number of benzene rings is 1. The van der Waals surface area contributed by atoms with Crippen molar-refractivity contribution in [2.75, 3.05) is 27.1 Å². The van der Waals surface area contributed by atoms with E-state index in [-0.39, 0.29) is 18.6 Å². The lowest BCUT2D eigenvalue weighted by atomic mass is 9.96. The van der Waals surface area contributed by atoms with Crippen LogP contribution in [0, 0.1) is 0 Å². The second-order valence-electron chi connectivity index (χ2n) is 6.12. The molecule has 1 unspecified atom stereocenters. The second-order valence-corrected chi connectivity index (χ2v) is 6.12. The Labute approximate surface area is 139 Å². The van der Waals surface area contributed by atoms with Crippen LogP contribution >= 0.6 is 0 Å². The first-order valence-electron chi connectivity index (χ1n) is 7.86. The maximum Gasteiger partial charge on any atom is 0.254 e. The Balaban J connectivity index is 1.61. The number of aromatic nitrogens is 2. The minimum Gasteiger partial charge on any atom is -0.454 e. The predicted molar refractivity (Wildman–Crippen MR) is 85.1 cm³/mol. The first kappa shape index (κ1) is 15.0. The summed E-state index contributed by atoms with van der Waals surface area (Å²) in [6, 6.07) is 5.30. The van der Waals surface area contributed by atoms with Gasteiger partial charge in [-0.3, -0.25) is 9.48 Å². The van der Waals surface area contributed by atoms with Crippen molar-refractivity contribution in [2.45, 2.75) is 12.5 Å². The van der Waals surface area contributed by atoms with Crippen molar-refractivity contribution in [1.29, 1.82) is 0 Å². The summed E-state index contributed by atoms with van der Waals surface area (Å²) in [6.45, 7) is 1.88. The molecule has 0 saturated heterocycles. The SMILES string of the molecule is COCC1CN(C(=O)c2ccc3c(c2)OCO3)Cc2cn(C)nc21. The lowest BCUT2D eigenvalue weighted by Crippen LogP contribution is -2.39. The predicted octanol–water partition coefficient (Wildman–Crippen LogP) is 1.53. The minimum atomic E-state index is -0.0242. The van der Waals surface area contributed by atoms with Crippen LogP contribution in [-0.2, 0) is 18.3 Å². The monoisotopic (exact) mass is 329 g/mol. The number of nitrogens with zero attached hydrogens (tertiary/aromatic N) is 3. The molecule has 0 radical (unpaired) electrons. The van der Waals surface area contributed by atoms with E-state index in [0.29, 0.717) is 36.8 Å². The molecule has 7 nitrogen and oxygen atoms in total.